The second-order valence-corrected chi connectivity index (χ2v) is 31.0. The summed E-state index contributed by atoms with van der Waals surface area (Å²) in [6.45, 7) is 9.26. The number of aryl methyl sites for hydroxylation is 1. The van der Waals surface area contributed by atoms with Crippen molar-refractivity contribution in [3.63, 3.8) is 0 Å². The van der Waals surface area contributed by atoms with Crippen molar-refractivity contribution >= 4 is 143 Å². The zero-order valence-electron chi connectivity index (χ0n) is 61.3. The van der Waals surface area contributed by atoms with Gasteiger partial charge in [-0.3, -0.25) is 0 Å². The number of nitriles is 1. The standard InChI is InChI=1S/C103H68N6O2/c1-61-52-80(65-45-48-75-73-31-13-20-42-95(73)110-97(75)56-65)101(94(53-61)107-85-38-17-10-28-70(85)71-29-11-18-39-86(71)107)108-89-51-46-64(63-24-6-5-7-25-63)55-82(89)98-79-49-47-66(103(2,3)4)57-91(79)109(93-59-67(58-92(108)99(93)98)105-83-36-15-8-26-68(83)69-27-9-16-37-84(69)105)100-76(78-35-22-34-77-74-32-14-21-43-96(74)111-102(77)78)33-23-41-90(100)106-87-40-19-12-30-72(87)81-54-62(60-104)44-50-88(81)106/h5-59,98H,1-4H3. The van der Waals surface area contributed by atoms with Crippen LogP contribution in [-0.2, 0) is 5.41 Å². The van der Waals surface area contributed by atoms with Gasteiger partial charge in [0.1, 0.15) is 22.3 Å². The molecule has 2 aliphatic rings. The summed E-state index contributed by atoms with van der Waals surface area (Å²) in [5, 5.41) is 21.6. The van der Waals surface area contributed by atoms with E-state index in [1.54, 1.807) is 0 Å². The van der Waals surface area contributed by atoms with E-state index < -0.39 is 0 Å². The fourth-order valence-corrected chi connectivity index (χ4v) is 19.0. The van der Waals surface area contributed by atoms with Gasteiger partial charge >= 0.3 is 0 Å². The van der Waals surface area contributed by atoms with Gasteiger partial charge in [0, 0.05) is 82.0 Å². The van der Waals surface area contributed by atoms with Crippen LogP contribution in [0.2, 0.25) is 0 Å². The Bertz CT molecular complexity index is 7520. The van der Waals surface area contributed by atoms with Crippen molar-refractivity contribution in [1.82, 2.24) is 13.7 Å². The van der Waals surface area contributed by atoms with Crippen LogP contribution in [0.4, 0.5) is 34.1 Å². The minimum absolute atomic E-state index is 0.289. The molecule has 0 fully saturated rings. The van der Waals surface area contributed by atoms with Crippen LogP contribution in [0.25, 0.3) is 160 Å². The summed E-state index contributed by atoms with van der Waals surface area (Å²) in [6, 6.07) is 126. The molecule has 0 radical (unpaired) electrons. The van der Waals surface area contributed by atoms with Crippen LogP contribution in [0, 0.1) is 18.3 Å². The van der Waals surface area contributed by atoms with Crippen LogP contribution >= 0.6 is 0 Å². The van der Waals surface area contributed by atoms with Crippen LogP contribution < -0.4 is 9.80 Å². The smallest absolute Gasteiger partial charge is 0.143 e. The van der Waals surface area contributed by atoms with E-state index in [-0.39, 0.29) is 11.3 Å². The Balaban J connectivity index is 0.933. The second kappa shape index (κ2) is 23.6. The molecular formula is C103H68N6O2. The van der Waals surface area contributed by atoms with E-state index in [9.17, 15) is 5.26 Å². The van der Waals surface area contributed by atoms with Crippen LogP contribution in [0.1, 0.15) is 60.1 Å². The van der Waals surface area contributed by atoms with Crippen molar-refractivity contribution in [1.29, 1.82) is 5.26 Å². The summed E-state index contributed by atoms with van der Waals surface area (Å²) in [4.78, 5) is 5.33. The van der Waals surface area contributed by atoms with Crippen LogP contribution in [-0.4, -0.2) is 13.7 Å². The van der Waals surface area contributed by atoms with Gasteiger partial charge in [-0.2, -0.15) is 5.26 Å². The topological polar surface area (TPSA) is 71.3 Å². The predicted molar refractivity (Wildman–Crippen MR) is 459 cm³/mol. The summed E-state index contributed by atoms with van der Waals surface area (Å²) in [5.74, 6) is -0.345. The summed E-state index contributed by atoms with van der Waals surface area (Å²) in [6.07, 6.45) is 0. The molecular weight excluding hydrogens is 1350 g/mol. The van der Waals surface area contributed by atoms with Gasteiger partial charge in [-0.1, -0.05) is 233 Å². The molecule has 21 aromatic rings. The van der Waals surface area contributed by atoms with Gasteiger partial charge in [0.2, 0.25) is 0 Å². The maximum atomic E-state index is 10.7. The maximum Gasteiger partial charge on any atom is 0.143 e. The number of rotatable bonds is 8. The van der Waals surface area contributed by atoms with E-state index in [4.69, 9.17) is 8.83 Å². The van der Waals surface area contributed by atoms with Gasteiger partial charge < -0.3 is 32.3 Å². The third kappa shape index (κ3) is 9.15. The first kappa shape index (κ1) is 62.8. The number of hydrogen-bond acceptors (Lipinski definition) is 5. The molecule has 111 heavy (non-hydrogen) atoms. The lowest BCUT2D eigenvalue weighted by Crippen LogP contribution is -2.31. The molecule has 7 heterocycles. The highest BCUT2D eigenvalue weighted by atomic mass is 16.3. The van der Waals surface area contributed by atoms with Crippen molar-refractivity contribution in [2.75, 3.05) is 9.80 Å². The Morgan fingerprint density at radius 1 is 0.315 bits per heavy atom. The molecule has 1 atom stereocenters. The monoisotopic (exact) mass is 1420 g/mol. The first-order valence-corrected chi connectivity index (χ1v) is 38.2. The Hall–Kier alpha value is -14.4. The maximum absolute atomic E-state index is 10.7. The van der Waals surface area contributed by atoms with Crippen molar-refractivity contribution in [2.45, 2.75) is 39.0 Å². The average molecular weight is 1420 g/mol. The van der Waals surface area contributed by atoms with E-state index in [1.165, 1.54) is 21.9 Å². The quantitative estimate of drug-likeness (QED) is 0.152. The normalized spacial score (nSPS) is 13.5. The number of nitrogens with zero attached hydrogens (tertiary/aromatic N) is 6. The fourth-order valence-electron chi connectivity index (χ4n) is 19.0. The Kier molecular flexibility index (Phi) is 13.3. The lowest BCUT2D eigenvalue weighted by atomic mass is 9.73. The Morgan fingerprint density at radius 2 is 0.838 bits per heavy atom. The molecule has 8 nitrogen and oxygen atoms in total. The summed E-state index contributed by atoms with van der Waals surface area (Å²) in [5.41, 5.74) is 31.1. The zero-order valence-corrected chi connectivity index (χ0v) is 61.3. The van der Waals surface area contributed by atoms with E-state index in [0.29, 0.717) is 5.56 Å². The number of para-hydroxylation sites is 9. The lowest BCUT2D eigenvalue weighted by Gasteiger charge is -2.47. The number of benzene rings is 16. The molecule has 5 aromatic heterocycles. The van der Waals surface area contributed by atoms with Crippen LogP contribution in [0.3, 0.4) is 0 Å². The van der Waals surface area contributed by atoms with E-state index in [0.717, 1.165) is 200 Å². The predicted octanol–water partition coefficient (Wildman–Crippen LogP) is 28.0. The van der Waals surface area contributed by atoms with Gasteiger partial charge in [-0.25, -0.2) is 0 Å². The molecule has 0 N–H and O–H groups in total. The number of fused-ring (bicyclic) bond motifs is 19. The molecule has 8 heteroatoms. The number of hydrogen-bond donors (Lipinski definition) is 0. The van der Waals surface area contributed by atoms with Crippen molar-refractivity contribution in [2.24, 2.45) is 0 Å². The van der Waals surface area contributed by atoms with E-state index >= 15 is 0 Å². The highest BCUT2D eigenvalue weighted by molar-refractivity contribution is 6.17. The second-order valence-electron chi connectivity index (χ2n) is 31.0. The zero-order chi connectivity index (χ0) is 73.6. The molecule has 0 saturated carbocycles. The molecule has 23 rings (SSSR count). The first-order chi connectivity index (χ1) is 54.6. The third-order valence-electron chi connectivity index (χ3n) is 23.8. The number of furan rings is 2. The molecule has 2 aliphatic heterocycles. The molecule has 1 unspecified atom stereocenters. The van der Waals surface area contributed by atoms with Gasteiger partial charge in [-0.15, -0.1) is 0 Å². The van der Waals surface area contributed by atoms with E-state index in [1.807, 2.05) is 6.07 Å². The summed E-state index contributed by atoms with van der Waals surface area (Å²) >= 11 is 0. The SMILES string of the molecule is Cc1cc(-c2ccc3c(c2)oc2ccccc23)c(N2c3ccc(-c4ccccc4)cc3C3c4ccc(C(C)(C)C)cc4N(c4c(-c5cccc6c5oc5ccccc56)cccc4-n4c5ccccc5c5cc(C#N)ccc54)c4cc(-n5c6ccccc6c6ccccc65)cc2c43)c(-n2c3ccccc3c3ccccc32)c1. The molecule has 0 bridgehead atoms. The van der Waals surface area contributed by atoms with Gasteiger partial charge in [0.25, 0.3) is 0 Å². The van der Waals surface area contributed by atoms with Gasteiger partial charge in [-0.05, 0) is 173 Å². The highest BCUT2D eigenvalue weighted by Gasteiger charge is 2.45. The van der Waals surface area contributed by atoms with Crippen LogP contribution in [0.5, 0.6) is 0 Å². The number of aromatic nitrogens is 3. The highest BCUT2D eigenvalue weighted by Crippen LogP contribution is 2.65. The van der Waals surface area contributed by atoms with Crippen LogP contribution in [0.15, 0.2) is 342 Å². The molecule has 0 amide bonds. The first-order valence-electron chi connectivity index (χ1n) is 38.2. The number of anilines is 6. The fraction of sp³-hybridized carbons (Fsp3) is 0.0583. The Morgan fingerprint density at radius 3 is 1.50 bits per heavy atom. The van der Waals surface area contributed by atoms with Crippen molar-refractivity contribution in [3.8, 4) is 56.5 Å². The average Bonchev–Trinajstić information content (AvgIpc) is 1.12. The minimum Gasteiger partial charge on any atom is -0.456 e. The molecule has 0 aliphatic carbocycles. The molecule has 0 saturated heterocycles. The van der Waals surface area contributed by atoms with Crippen molar-refractivity contribution in [3.05, 3.63) is 367 Å². The molecule has 16 aromatic carbocycles. The minimum atomic E-state index is -0.345. The third-order valence-corrected chi connectivity index (χ3v) is 23.8. The van der Waals surface area contributed by atoms with Gasteiger partial charge in [0.15, 0.2) is 0 Å². The lowest BCUT2D eigenvalue weighted by molar-refractivity contribution is 0.590. The Labute approximate surface area is 639 Å². The molecule has 522 valence electrons. The van der Waals surface area contributed by atoms with Crippen molar-refractivity contribution < 1.29 is 8.83 Å². The van der Waals surface area contributed by atoms with Gasteiger partial charge in [0.05, 0.1) is 95.9 Å². The largest absolute Gasteiger partial charge is 0.456 e. The summed E-state index contributed by atoms with van der Waals surface area (Å²) < 4.78 is 21.7. The molecule has 0 spiro atoms. The van der Waals surface area contributed by atoms with E-state index in [2.05, 4.69) is 385 Å². The summed E-state index contributed by atoms with van der Waals surface area (Å²) in [7, 11) is 0.